The fourth-order valence-electron chi connectivity index (χ4n) is 1.58. The maximum atomic E-state index is 13.5. The second-order valence-electron chi connectivity index (χ2n) is 4.11. The first-order valence-corrected chi connectivity index (χ1v) is 5.75. The molecule has 0 saturated heterocycles. The molecule has 0 bridgehead atoms. The molecule has 1 aromatic rings. The number of nitro groups is 1. The highest BCUT2D eigenvalue weighted by atomic mass is 19.1. The lowest BCUT2D eigenvalue weighted by molar-refractivity contribution is -0.385. The van der Waals surface area contributed by atoms with Crippen molar-refractivity contribution in [1.29, 1.82) is 0 Å². The third-order valence-electron chi connectivity index (χ3n) is 2.56. The van der Waals surface area contributed by atoms with E-state index in [4.69, 9.17) is 0 Å². The number of non-ortho nitro benzene ring substituents is 1. The van der Waals surface area contributed by atoms with Gasteiger partial charge in [0.25, 0.3) is 5.69 Å². The molecule has 0 fully saturated rings. The maximum absolute atomic E-state index is 13.5. The summed E-state index contributed by atoms with van der Waals surface area (Å²) >= 11 is 0. The average Bonchev–Trinajstić information content (AvgIpc) is 2.28. The molecule has 1 unspecified atom stereocenters. The van der Waals surface area contributed by atoms with Crippen molar-refractivity contribution in [2.24, 2.45) is 0 Å². The lowest BCUT2D eigenvalue weighted by atomic mass is 10.1. The van der Waals surface area contributed by atoms with Gasteiger partial charge < -0.3 is 5.32 Å². The zero-order valence-corrected chi connectivity index (χ0v) is 10.1. The number of nitrogens with zero attached hydrogens (tertiary/aromatic N) is 1. The summed E-state index contributed by atoms with van der Waals surface area (Å²) < 4.78 is 13.5. The summed E-state index contributed by atoms with van der Waals surface area (Å²) in [5, 5.41) is 13.5. The van der Waals surface area contributed by atoms with E-state index in [0.29, 0.717) is 5.69 Å². The van der Waals surface area contributed by atoms with Crippen LogP contribution in [0.1, 0.15) is 33.1 Å². The second-order valence-corrected chi connectivity index (χ2v) is 4.11. The topological polar surface area (TPSA) is 55.2 Å². The quantitative estimate of drug-likeness (QED) is 0.609. The number of unbranched alkanes of at least 4 members (excludes halogenated alkanes) is 1. The number of nitrogens with one attached hydrogen (secondary N) is 1. The SMILES string of the molecule is CCCCC(C)Nc1ccc([N+](=O)[O-])cc1F. The Morgan fingerprint density at radius 3 is 2.76 bits per heavy atom. The van der Waals surface area contributed by atoms with Crippen LogP contribution in [0.15, 0.2) is 18.2 Å². The van der Waals surface area contributed by atoms with E-state index in [9.17, 15) is 14.5 Å². The Kier molecular flexibility index (Phi) is 4.87. The number of hydrogen-bond donors (Lipinski definition) is 1. The van der Waals surface area contributed by atoms with E-state index in [2.05, 4.69) is 12.2 Å². The summed E-state index contributed by atoms with van der Waals surface area (Å²) in [7, 11) is 0. The number of nitro benzene ring substituents is 1. The van der Waals surface area contributed by atoms with E-state index >= 15 is 0 Å². The van der Waals surface area contributed by atoms with Crippen LogP contribution in [0.2, 0.25) is 0 Å². The normalized spacial score (nSPS) is 12.2. The van der Waals surface area contributed by atoms with E-state index in [1.54, 1.807) is 0 Å². The second kappa shape index (κ2) is 6.18. The molecule has 94 valence electrons. The van der Waals surface area contributed by atoms with Gasteiger partial charge in [-0.05, 0) is 19.4 Å². The Hall–Kier alpha value is -1.65. The molecule has 0 amide bonds. The Labute approximate surface area is 100.0 Å². The van der Waals surface area contributed by atoms with Crippen LogP contribution in [0.3, 0.4) is 0 Å². The van der Waals surface area contributed by atoms with Gasteiger partial charge in [0, 0.05) is 12.1 Å². The maximum Gasteiger partial charge on any atom is 0.272 e. The highest BCUT2D eigenvalue weighted by molar-refractivity contribution is 5.50. The highest BCUT2D eigenvalue weighted by Crippen LogP contribution is 2.21. The smallest absolute Gasteiger partial charge is 0.272 e. The molecule has 0 aliphatic carbocycles. The van der Waals surface area contributed by atoms with Gasteiger partial charge in [0.2, 0.25) is 0 Å². The van der Waals surface area contributed by atoms with E-state index < -0.39 is 10.7 Å². The Morgan fingerprint density at radius 1 is 1.53 bits per heavy atom. The van der Waals surface area contributed by atoms with E-state index in [0.717, 1.165) is 25.3 Å². The lowest BCUT2D eigenvalue weighted by Crippen LogP contribution is -2.15. The van der Waals surface area contributed by atoms with Gasteiger partial charge in [0.1, 0.15) is 0 Å². The van der Waals surface area contributed by atoms with E-state index in [-0.39, 0.29) is 11.7 Å². The molecule has 0 aliphatic heterocycles. The van der Waals surface area contributed by atoms with Crippen LogP contribution in [0, 0.1) is 15.9 Å². The predicted octanol–water partition coefficient (Wildman–Crippen LogP) is 3.72. The van der Waals surface area contributed by atoms with Gasteiger partial charge in [0.05, 0.1) is 16.7 Å². The summed E-state index contributed by atoms with van der Waals surface area (Å²) in [6.07, 6.45) is 3.12. The van der Waals surface area contributed by atoms with Crippen molar-refractivity contribution in [3.05, 3.63) is 34.1 Å². The minimum atomic E-state index is -0.604. The molecule has 1 atom stereocenters. The minimum Gasteiger partial charge on any atom is -0.380 e. The van der Waals surface area contributed by atoms with Crippen LogP contribution in [0.4, 0.5) is 15.8 Å². The molecular weight excluding hydrogens is 223 g/mol. The zero-order chi connectivity index (χ0) is 12.8. The molecule has 0 heterocycles. The molecular formula is C12H17FN2O2. The standard InChI is InChI=1S/C12H17FN2O2/c1-3-4-5-9(2)14-12-7-6-10(15(16)17)8-11(12)13/h6-9,14H,3-5H2,1-2H3. The van der Waals surface area contributed by atoms with Crippen molar-refractivity contribution >= 4 is 11.4 Å². The van der Waals surface area contributed by atoms with Crippen LogP contribution in [-0.4, -0.2) is 11.0 Å². The van der Waals surface area contributed by atoms with Gasteiger partial charge in [-0.3, -0.25) is 10.1 Å². The molecule has 0 aliphatic rings. The summed E-state index contributed by atoms with van der Waals surface area (Å²) in [5.74, 6) is -0.581. The van der Waals surface area contributed by atoms with Crippen molar-refractivity contribution in [2.75, 3.05) is 5.32 Å². The number of rotatable bonds is 6. The van der Waals surface area contributed by atoms with Crippen molar-refractivity contribution in [3.63, 3.8) is 0 Å². The fraction of sp³-hybridized carbons (Fsp3) is 0.500. The molecule has 1 rings (SSSR count). The van der Waals surface area contributed by atoms with Crippen LogP contribution in [-0.2, 0) is 0 Å². The molecule has 0 saturated carbocycles. The number of halogens is 1. The van der Waals surface area contributed by atoms with Gasteiger partial charge in [-0.25, -0.2) is 4.39 Å². The van der Waals surface area contributed by atoms with Crippen molar-refractivity contribution in [3.8, 4) is 0 Å². The molecule has 4 nitrogen and oxygen atoms in total. The molecule has 1 N–H and O–H groups in total. The van der Waals surface area contributed by atoms with Gasteiger partial charge in [-0.1, -0.05) is 19.8 Å². The van der Waals surface area contributed by atoms with Gasteiger partial charge in [-0.2, -0.15) is 0 Å². The minimum absolute atomic E-state index is 0.158. The third-order valence-corrected chi connectivity index (χ3v) is 2.56. The van der Waals surface area contributed by atoms with Gasteiger partial charge >= 0.3 is 0 Å². The molecule has 1 aromatic carbocycles. The summed E-state index contributed by atoms with van der Waals surface area (Å²) in [4.78, 5) is 9.84. The van der Waals surface area contributed by atoms with Crippen LogP contribution >= 0.6 is 0 Å². The van der Waals surface area contributed by atoms with Crippen LogP contribution in [0.5, 0.6) is 0 Å². The fourth-order valence-corrected chi connectivity index (χ4v) is 1.58. The summed E-state index contributed by atoms with van der Waals surface area (Å²) in [5.41, 5.74) is 0.0912. The van der Waals surface area contributed by atoms with Gasteiger partial charge in [-0.15, -0.1) is 0 Å². The molecule has 0 radical (unpaired) electrons. The highest BCUT2D eigenvalue weighted by Gasteiger charge is 2.11. The summed E-state index contributed by atoms with van der Waals surface area (Å²) in [6, 6.07) is 3.81. The van der Waals surface area contributed by atoms with Crippen LogP contribution < -0.4 is 5.32 Å². The number of hydrogen-bond acceptors (Lipinski definition) is 3. The monoisotopic (exact) mass is 240 g/mol. The average molecular weight is 240 g/mol. The Bertz CT molecular complexity index is 396. The first-order valence-electron chi connectivity index (χ1n) is 5.75. The first-order chi connectivity index (χ1) is 8.04. The summed E-state index contributed by atoms with van der Waals surface area (Å²) in [6.45, 7) is 4.07. The number of anilines is 1. The molecule has 0 spiro atoms. The van der Waals surface area contributed by atoms with E-state index in [1.807, 2.05) is 6.92 Å². The molecule has 17 heavy (non-hydrogen) atoms. The Morgan fingerprint density at radius 2 is 2.24 bits per heavy atom. The third kappa shape index (κ3) is 4.01. The largest absolute Gasteiger partial charge is 0.380 e. The van der Waals surface area contributed by atoms with Crippen molar-refractivity contribution in [2.45, 2.75) is 39.2 Å². The molecule has 5 heteroatoms. The Balaban J connectivity index is 2.69. The van der Waals surface area contributed by atoms with Crippen molar-refractivity contribution in [1.82, 2.24) is 0 Å². The van der Waals surface area contributed by atoms with Crippen LogP contribution in [0.25, 0.3) is 0 Å². The zero-order valence-electron chi connectivity index (χ0n) is 10.1. The van der Waals surface area contributed by atoms with E-state index in [1.165, 1.54) is 12.1 Å². The number of benzene rings is 1. The first kappa shape index (κ1) is 13.4. The molecule has 0 aromatic heterocycles. The van der Waals surface area contributed by atoms with Crippen molar-refractivity contribution < 1.29 is 9.31 Å². The lowest BCUT2D eigenvalue weighted by Gasteiger charge is -2.15. The predicted molar refractivity (Wildman–Crippen MR) is 65.7 cm³/mol. The van der Waals surface area contributed by atoms with Gasteiger partial charge in [0.15, 0.2) is 5.82 Å².